The topological polar surface area (TPSA) is 65.5 Å². The van der Waals surface area contributed by atoms with Crippen LogP contribution in [-0.4, -0.2) is 37.5 Å². The summed E-state index contributed by atoms with van der Waals surface area (Å²) in [5.74, 6) is 0.500. The summed E-state index contributed by atoms with van der Waals surface area (Å²) in [4.78, 5) is 16.1. The maximum atomic E-state index is 13.8. The Morgan fingerprint density at radius 3 is 2.72 bits per heavy atom. The Morgan fingerprint density at radius 1 is 1.32 bits per heavy atom. The number of nitrogens with one attached hydrogen (secondary N) is 3. The highest BCUT2D eigenvalue weighted by Crippen LogP contribution is 2.16. The molecule has 0 spiro atoms. The number of benzene rings is 1. The fourth-order valence-electron chi connectivity index (χ4n) is 2.22. The summed E-state index contributed by atoms with van der Waals surface area (Å²) in [5, 5.41) is 9.13. The average Bonchev–Trinajstić information content (AvgIpc) is 2.52. The van der Waals surface area contributed by atoms with Gasteiger partial charge in [-0.1, -0.05) is 22.0 Å². The molecule has 25 heavy (non-hydrogen) atoms. The molecule has 0 saturated heterocycles. The van der Waals surface area contributed by atoms with Crippen molar-refractivity contribution in [1.82, 2.24) is 16.0 Å². The Labute approximate surface area is 158 Å². The molecule has 1 rings (SSSR count). The second-order valence-electron chi connectivity index (χ2n) is 6.00. The molecule has 0 radical (unpaired) electrons. The fourth-order valence-corrected chi connectivity index (χ4v) is 2.55. The molecule has 0 aliphatic carbocycles. The summed E-state index contributed by atoms with van der Waals surface area (Å²) in [6.45, 7) is 7.70. The molecule has 0 aromatic heterocycles. The first-order valence-corrected chi connectivity index (χ1v) is 9.47. The number of carbonyl (C=O) groups excluding carboxylic acids is 1. The minimum absolute atomic E-state index is 0.0177. The van der Waals surface area contributed by atoms with Crippen molar-refractivity contribution in [1.29, 1.82) is 0 Å². The van der Waals surface area contributed by atoms with Gasteiger partial charge >= 0.3 is 0 Å². The van der Waals surface area contributed by atoms with Crippen LogP contribution in [0.25, 0.3) is 0 Å². The molecule has 0 aliphatic heterocycles. The first-order valence-electron chi connectivity index (χ1n) is 8.67. The van der Waals surface area contributed by atoms with Gasteiger partial charge in [-0.2, -0.15) is 0 Å². The maximum absolute atomic E-state index is 13.8. The number of nitrogens with zero attached hydrogens (tertiary/aromatic N) is 1. The molecule has 1 amide bonds. The quantitative estimate of drug-likeness (QED) is 0.330. The third-order valence-electron chi connectivity index (χ3n) is 3.33. The second-order valence-corrected chi connectivity index (χ2v) is 6.91. The predicted molar refractivity (Wildman–Crippen MR) is 104 cm³/mol. The summed E-state index contributed by atoms with van der Waals surface area (Å²) in [5.41, 5.74) is 0.696. The van der Waals surface area contributed by atoms with Crippen LogP contribution in [0.2, 0.25) is 0 Å². The van der Waals surface area contributed by atoms with Gasteiger partial charge in [0, 0.05) is 36.6 Å². The van der Waals surface area contributed by atoms with Crippen molar-refractivity contribution in [3.63, 3.8) is 0 Å². The lowest BCUT2D eigenvalue weighted by molar-refractivity contribution is -0.121. The summed E-state index contributed by atoms with van der Waals surface area (Å²) in [6.07, 6.45) is 1.79. The van der Waals surface area contributed by atoms with E-state index in [2.05, 4.69) is 36.9 Å². The van der Waals surface area contributed by atoms with Gasteiger partial charge in [0.25, 0.3) is 0 Å². The highest BCUT2D eigenvalue weighted by atomic mass is 79.9. The number of aliphatic imine (C=N–C) groups is 1. The van der Waals surface area contributed by atoms with Crippen LogP contribution in [0.4, 0.5) is 4.39 Å². The zero-order chi connectivity index (χ0) is 18.7. The average molecular weight is 415 g/mol. The van der Waals surface area contributed by atoms with Crippen LogP contribution in [0.1, 0.15) is 39.2 Å². The number of hydrogen-bond acceptors (Lipinski definition) is 2. The Bertz CT molecular complexity index is 578. The van der Waals surface area contributed by atoms with E-state index < -0.39 is 0 Å². The Morgan fingerprint density at radius 2 is 2.08 bits per heavy atom. The first kappa shape index (κ1) is 21.4. The third-order valence-corrected chi connectivity index (χ3v) is 3.82. The summed E-state index contributed by atoms with van der Waals surface area (Å²) >= 11 is 3.25. The fraction of sp³-hybridized carbons (Fsp3) is 0.556. The van der Waals surface area contributed by atoms with E-state index in [1.54, 1.807) is 6.07 Å². The molecule has 0 heterocycles. The van der Waals surface area contributed by atoms with Crippen molar-refractivity contribution in [2.24, 2.45) is 4.99 Å². The van der Waals surface area contributed by atoms with Crippen molar-refractivity contribution >= 4 is 27.8 Å². The summed E-state index contributed by atoms with van der Waals surface area (Å²) < 4.78 is 14.5. The molecule has 0 atom stereocenters. The van der Waals surface area contributed by atoms with E-state index in [4.69, 9.17) is 0 Å². The molecule has 7 heteroatoms. The number of guanidine groups is 1. The molecule has 0 saturated carbocycles. The Hall–Kier alpha value is -1.63. The summed E-state index contributed by atoms with van der Waals surface area (Å²) in [6, 6.07) is 5.26. The molecule has 1 aromatic rings. The lowest BCUT2D eigenvalue weighted by atomic mass is 10.1. The lowest BCUT2D eigenvalue weighted by Gasteiger charge is -2.12. The molecule has 0 fully saturated rings. The zero-order valence-electron chi connectivity index (χ0n) is 15.2. The van der Waals surface area contributed by atoms with Crippen LogP contribution in [0.3, 0.4) is 0 Å². The van der Waals surface area contributed by atoms with E-state index in [0.29, 0.717) is 37.5 Å². The minimum atomic E-state index is -0.195. The second kappa shape index (κ2) is 11.8. The van der Waals surface area contributed by atoms with Crippen LogP contribution in [0.15, 0.2) is 27.7 Å². The van der Waals surface area contributed by atoms with E-state index in [1.807, 2.05) is 26.8 Å². The van der Waals surface area contributed by atoms with Crippen molar-refractivity contribution in [2.45, 2.75) is 46.1 Å². The normalized spacial score (nSPS) is 11.5. The van der Waals surface area contributed by atoms with Gasteiger partial charge in [0.1, 0.15) is 5.82 Å². The van der Waals surface area contributed by atoms with E-state index in [9.17, 15) is 9.18 Å². The minimum Gasteiger partial charge on any atom is -0.357 e. The van der Waals surface area contributed by atoms with Gasteiger partial charge in [-0.3, -0.25) is 9.79 Å². The van der Waals surface area contributed by atoms with Crippen molar-refractivity contribution in [2.75, 3.05) is 19.6 Å². The van der Waals surface area contributed by atoms with Crippen LogP contribution >= 0.6 is 15.9 Å². The number of aryl methyl sites for hydroxylation is 1. The van der Waals surface area contributed by atoms with Crippen LogP contribution in [0.5, 0.6) is 0 Å². The smallest absolute Gasteiger partial charge is 0.221 e. The van der Waals surface area contributed by atoms with Gasteiger partial charge in [-0.25, -0.2) is 4.39 Å². The zero-order valence-corrected chi connectivity index (χ0v) is 16.7. The molecule has 3 N–H and O–H groups in total. The van der Waals surface area contributed by atoms with Gasteiger partial charge < -0.3 is 16.0 Å². The van der Waals surface area contributed by atoms with E-state index in [-0.39, 0.29) is 17.8 Å². The molecule has 0 unspecified atom stereocenters. The monoisotopic (exact) mass is 414 g/mol. The number of rotatable bonds is 9. The van der Waals surface area contributed by atoms with E-state index >= 15 is 0 Å². The highest BCUT2D eigenvalue weighted by Gasteiger charge is 2.05. The van der Waals surface area contributed by atoms with Crippen molar-refractivity contribution < 1.29 is 9.18 Å². The number of carbonyl (C=O) groups is 1. The van der Waals surface area contributed by atoms with Crippen molar-refractivity contribution in [3.05, 3.63) is 34.1 Å². The van der Waals surface area contributed by atoms with Gasteiger partial charge in [-0.05, 0) is 51.3 Å². The lowest BCUT2D eigenvalue weighted by Crippen LogP contribution is -2.40. The van der Waals surface area contributed by atoms with Gasteiger partial charge in [0.05, 0.1) is 0 Å². The first-order chi connectivity index (χ1) is 11.9. The van der Waals surface area contributed by atoms with E-state index in [0.717, 1.165) is 17.4 Å². The third kappa shape index (κ3) is 9.43. The van der Waals surface area contributed by atoms with Gasteiger partial charge in [0.15, 0.2) is 5.96 Å². The highest BCUT2D eigenvalue weighted by molar-refractivity contribution is 9.10. The van der Waals surface area contributed by atoms with Crippen molar-refractivity contribution in [3.8, 4) is 0 Å². The SMILES string of the molecule is CCNC(=NCCCc1ccc(Br)cc1F)NCCC(=O)NC(C)C. The molecular formula is C18H28BrFN4O. The Balaban J connectivity index is 2.38. The Kier molecular flexibility index (Phi) is 10.1. The van der Waals surface area contributed by atoms with Crippen LogP contribution in [-0.2, 0) is 11.2 Å². The number of halogens is 2. The summed E-state index contributed by atoms with van der Waals surface area (Å²) in [7, 11) is 0. The molecular weight excluding hydrogens is 387 g/mol. The maximum Gasteiger partial charge on any atom is 0.221 e. The molecule has 1 aromatic carbocycles. The van der Waals surface area contributed by atoms with Gasteiger partial charge in [-0.15, -0.1) is 0 Å². The van der Waals surface area contributed by atoms with E-state index in [1.165, 1.54) is 6.07 Å². The van der Waals surface area contributed by atoms with Crippen LogP contribution < -0.4 is 16.0 Å². The number of amides is 1. The largest absolute Gasteiger partial charge is 0.357 e. The predicted octanol–water partition coefficient (Wildman–Crippen LogP) is 2.99. The molecule has 0 aliphatic rings. The standard InChI is InChI=1S/C18H28BrFN4O/c1-4-21-18(23-11-9-17(25)24-13(2)3)22-10-5-6-14-7-8-15(19)12-16(14)20/h7-8,12-13H,4-6,9-11H2,1-3H3,(H,24,25)(H2,21,22,23). The van der Waals surface area contributed by atoms with Gasteiger partial charge in [0.2, 0.25) is 5.91 Å². The van der Waals surface area contributed by atoms with Crippen LogP contribution in [0, 0.1) is 5.82 Å². The molecule has 140 valence electrons. The molecule has 5 nitrogen and oxygen atoms in total. The number of hydrogen-bond donors (Lipinski definition) is 3. The molecule has 0 bridgehead atoms.